The van der Waals surface area contributed by atoms with E-state index in [2.05, 4.69) is 0 Å². The van der Waals surface area contributed by atoms with E-state index in [4.69, 9.17) is 70.3 Å². The van der Waals surface area contributed by atoms with E-state index in [1.54, 1.807) is 0 Å². The molecule has 0 unspecified atom stereocenters. The van der Waals surface area contributed by atoms with Crippen LogP contribution in [0.5, 0.6) is 0 Å². The zero-order chi connectivity index (χ0) is 14.8. The van der Waals surface area contributed by atoms with Gasteiger partial charge in [0.1, 0.15) is 0 Å². The molecule has 0 aromatic rings. The smallest absolute Gasteiger partial charge is 0.512 e. The summed E-state index contributed by atoms with van der Waals surface area (Å²) < 4.78 is 0. The summed E-state index contributed by atoms with van der Waals surface area (Å²) in [7, 11) is 0. The van der Waals surface area contributed by atoms with Gasteiger partial charge in [0.15, 0.2) is 0 Å². The number of rotatable bonds is 2. The summed E-state index contributed by atoms with van der Waals surface area (Å²) in [5, 5.41) is 25.0. The van der Waals surface area contributed by atoms with Crippen molar-refractivity contribution in [1.82, 2.24) is 0 Å². The summed E-state index contributed by atoms with van der Waals surface area (Å²) in [5.41, 5.74) is 19.6. The molecule has 0 saturated carbocycles. The molecule has 0 aliphatic rings. The van der Waals surface area contributed by atoms with Crippen LogP contribution in [0.15, 0.2) is 0 Å². The quantitative estimate of drug-likeness (QED) is 0.185. The van der Waals surface area contributed by atoms with E-state index >= 15 is 0 Å². The molecule has 0 rings (SSSR count). The van der Waals surface area contributed by atoms with Crippen LogP contribution in [0.25, 0.3) is 0 Å². The Hall–Kier alpha value is -0.0312. The largest absolute Gasteiger partial charge is 2.00 e. The van der Waals surface area contributed by atoms with Gasteiger partial charge in [-0.2, -0.15) is 0 Å². The molecule has 0 fully saturated rings. The Labute approximate surface area is 161 Å². The predicted octanol–water partition coefficient (Wildman–Crippen LogP) is -1.81. The van der Waals surface area contributed by atoms with E-state index in [0.29, 0.717) is 26.2 Å². The van der Waals surface area contributed by atoms with Gasteiger partial charge in [0.05, 0.1) is 0 Å². The normalized spacial score (nSPS) is 3.58. The standard InChI is InChI=1S/2C2H8N2.4CN.2Au.Pt/c2*3-1-2-4;4*1-2;;;/h2*1-4H2;;;;;;;/q;;4*-1;2*+1;+2. The van der Waals surface area contributed by atoms with E-state index < -0.39 is 0 Å². The van der Waals surface area contributed by atoms with Gasteiger partial charge >= 0.3 is 65.8 Å². The maximum Gasteiger partial charge on any atom is 2.00 e. The molecule has 0 bridgehead atoms. The fraction of sp³-hybridized carbons (Fsp3) is 0.500. The number of nitrogens with zero attached hydrogens (tertiary/aromatic N) is 4. The first-order valence-corrected chi connectivity index (χ1v) is 3.53. The molecule has 0 aliphatic carbocycles. The second-order valence-corrected chi connectivity index (χ2v) is 1.15. The Kier molecular flexibility index (Phi) is 1070. The molecule has 11 heteroatoms. The van der Waals surface area contributed by atoms with Gasteiger partial charge in [0.2, 0.25) is 0 Å². The Bertz CT molecular complexity index is 108. The molecular weight excluding hydrogens is 797 g/mol. The van der Waals surface area contributed by atoms with Crippen molar-refractivity contribution < 1.29 is 65.8 Å². The third-order valence-corrected chi connectivity index (χ3v) is 0.333. The zero-order valence-electron chi connectivity index (χ0n) is 9.85. The van der Waals surface area contributed by atoms with Gasteiger partial charge < -0.3 is 70.3 Å². The van der Waals surface area contributed by atoms with Crippen LogP contribution in [0, 0.1) is 47.3 Å². The average molecular weight is 813 g/mol. The van der Waals surface area contributed by atoms with Crippen LogP contribution in [0.2, 0.25) is 0 Å². The molecule has 8 N–H and O–H groups in total. The molecule has 19 heavy (non-hydrogen) atoms. The third kappa shape index (κ3) is 1180. The van der Waals surface area contributed by atoms with Crippen LogP contribution in [0.3, 0.4) is 0 Å². The van der Waals surface area contributed by atoms with E-state index in [1.807, 2.05) is 0 Å². The fourth-order valence-electron chi connectivity index (χ4n) is 0. The van der Waals surface area contributed by atoms with Crippen molar-refractivity contribution in [2.45, 2.75) is 0 Å². The van der Waals surface area contributed by atoms with Crippen LogP contribution >= 0.6 is 0 Å². The molecule has 0 heterocycles. The van der Waals surface area contributed by atoms with Crippen LogP contribution in [0.1, 0.15) is 0 Å². The summed E-state index contributed by atoms with van der Waals surface area (Å²) in [6, 6.07) is 0. The number of nitrogens with two attached hydrogens (primary N) is 4. The van der Waals surface area contributed by atoms with Crippen molar-refractivity contribution >= 4 is 0 Å². The van der Waals surface area contributed by atoms with E-state index in [-0.39, 0.29) is 65.8 Å². The summed E-state index contributed by atoms with van der Waals surface area (Å²) in [5.74, 6) is 0. The van der Waals surface area contributed by atoms with Crippen LogP contribution in [-0.2, 0) is 65.8 Å². The van der Waals surface area contributed by atoms with Crippen LogP contribution < -0.4 is 22.9 Å². The molecule has 0 aromatic heterocycles. The van der Waals surface area contributed by atoms with Gasteiger partial charge in [0.25, 0.3) is 0 Å². The average Bonchev–Trinajstić information content (AvgIpc) is 2.47. The monoisotopic (exact) mass is 813 g/mol. The molecule has 0 amide bonds. The Morgan fingerprint density at radius 1 is 0.474 bits per heavy atom. The van der Waals surface area contributed by atoms with Gasteiger partial charge in [-0.15, -0.1) is 0 Å². The van der Waals surface area contributed by atoms with Crippen molar-refractivity contribution in [1.29, 1.82) is 21.0 Å². The molecule has 0 radical (unpaired) electrons. The summed E-state index contributed by atoms with van der Waals surface area (Å²) in [6.45, 7) is 21.4. The second kappa shape index (κ2) is 328. The maximum absolute atomic E-state index is 6.25. The Morgan fingerprint density at radius 3 is 0.526 bits per heavy atom. The SMILES string of the molecule is NCCN.NCCN.[Au+].[Au+].[C-]#N.[C-]#N.[C-]#N.[C-]#N.[Pt+2]. The van der Waals surface area contributed by atoms with E-state index in [0.717, 1.165) is 0 Å². The molecule has 0 saturated heterocycles. The molecule has 8 nitrogen and oxygen atoms in total. The van der Waals surface area contributed by atoms with Gasteiger partial charge in [-0.05, 0) is 0 Å². The summed E-state index contributed by atoms with van der Waals surface area (Å²) in [6.07, 6.45) is 0. The van der Waals surface area contributed by atoms with Crippen molar-refractivity contribution in [2.24, 2.45) is 22.9 Å². The van der Waals surface area contributed by atoms with Crippen molar-refractivity contribution in [3.8, 4) is 0 Å². The van der Waals surface area contributed by atoms with Crippen molar-refractivity contribution in [3.05, 3.63) is 26.3 Å². The number of hydrogen-bond acceptors (Lipinski definition) is 8. The first-order valence-electron chi connectivity index (χ1n) is 3.53. The first-order chi connectivity index (χ1) is 7.83. The fourth-order valence-corrected chi connectivity index (χ4v) is 0. The molecule has 0 atom stereocenters. The molecule has 0 aromatic carbocycles. The maximum atomic E-state index is 6.25. The van der Waals surface area contributed by atoms with Crippen molar-refractivity contribution in [2.75, 3.05) is 26.2 Å². The molecular formula is C8H16Au2N8Pt. The summed E-state index contributed by atoms with van der Waals surface area (Å²) >= 11 is 0. The van der Waals surface area contributed by atoms with Gasteiger partial charge in [-0.1, -0.05) is 0 Å². The zero-order valence-corrected chi connectivity index (χ0v) is 16.5. The molecule has 0 spiro atoms. The van der Waals surface area contributed by atoms with Gasteiger partial charge in [-0.3, -0.25) is 0 Å². The van der Waals surface area contributed by atoms with Gasteiger partial charge in [0, 0.05) is 26.2 Å². The molecule has 0 aliphatic heterocycles. The van der Waals surface area contributed by atoms with E-state index in [9.17, 15) is 0 Å². The van der Waals surface area contributed by atoms with Crippen LogP contribution in [-0.4, -0.2) is 26.2 Å². The number of hydrogen-bond donors (Lipinski definition) is 4. The van der Waals surface area contributed by atoms with E-state index in [1.165, 1.54) is 0 Å². The topological polar surface area (TPSA) is 199 Å². The predicted molar refractivity (Wildman–Crippen MR) is 56.1 cm³/mol. The minimum Gasteiger partial charge on any atom is -0.512 e. The minimum atomic E-state index is 0. The molecule has 120 valence electrons. The first kappa shape index (κ1) is 61.6. The third-order valence-electron chi connectivity index (χ3n) is 0.333. The van der Waals surface area contributed by atoms with Crippen molar-refractivity contribution in [3.63, 3.8) is 0 Å². The van der Waals surface area contributed by atoms with Crippen LogP contribution in [0.4, 0.5) is 0 Å². The second-order valence-electron chi connectivity index (χ2n) is 1.15. The Morgan fingerprint density at radius 2 is 0.526 bits per heavy atom. The summed E-state index contributed by atoms with van der Waals surface area (Å²) in [4.78, 5) is 0. The Balaban J connectivity index is -0.00000000908. The minimum absolute atomic E-state index is 0. The van der Waals surface area contributed by atoms with Gasteiger partial charge in [-0.25, -0.2) is 0 Å².